The number of benzene rings is 2. The molecule has 3 nitrogen and oxygen atoms in total. The summed E-state index contributed by atoms with van der Waals surface area (Å²) in [5.74, 6) is 1.04. The summed E-state index contributed by atoms with van der Waals surface area (Å²) in [5.41, 5.74) is 6.35. The maximum atomic E-state index is 13.1. The Kier molecular flexibility index (Phi) is 4.35. The lowest BCUT2D eigenvalue weighted by molar-refractivity contribution is 0.243. The van der Waals surface area contributed by atoms with Gasteiger partial charge in [0.15, 0.2) is 0 Å². The van der Waals surface area contributed by atoms with E-state index in [9.17, 15) is 4.39 Å². The predicted octanol–water partition coefficient (Wildman–Crippen LogP) is 4.64. The van der Waals surface area contributed by atoms with E-state index in [-0.39, 0.29) is 11.1 Å². The molecule has 0 aliphatic rings. The molecular formula is C15H15ClFNO2. The third-order valence-electron chi connectivity index (χ3n) is 2.47. The molecule has 0 atom stereocenters. The van der Waals surface area contributed by atoms with Crippen LogP contribution in [0.1, 0.15) is 13.8 Å². The van der Waals surface area contributed by atoms with Crippen LogP contribution in [0.4, 0.5) is 10.1 Å². The van der Waals surface area contributed by atoms with Gasteiger partial charge >= 0.3 is 0 Å². The molecule has 0 aliphatic heterocycles. The summed E-state index contributed by atoms with van der Waals surface area (Å²) in [7, 11) is 0. The lowest BCUT2D eigenvalue weighted by Crippen LogP contribution is -2.07. The third kappa shape index (κ3) is 3.54. The van der Waals surface area contributed by atoms with Gasteiger partial charge in [-0.05, 0) is 38.1 Å². The van der Waals surface area contributed by atoms with Crippen LogP contribution in [-0.2, 0) is 0 Å². The van der Waals surface area contributed by atoms with Gasteiger partial charge in [-0.25, -0.2) is 4.39 Å². The fourth-order valence-corrected chi connectivity index (χ4v) is 1.78. The topological polar surface area (TPSA) is 44.5 Å². The Morgan fingerprint density at radius 3 is 2.40 bits per heavy atom. The van der Waals surface area contributed by atoms with E-state index in [2.05, 4.69) is 0 Å². The average Bonchev–Trinajstić information content (AvgIpc) is 2.37. The molecule has 5 heteroatoms. The minimum atomic E-state index is -0.486. The van der Waals surface area contributed by atoms with Crippen molar-refractivity contribution < 1.29 is 13.9 Å². The summed E-state index contributed by atoms with van der Waals surface area (Å²) in [6.45, 7) is 3.82. The van der Waals surface area contributed by atoms with Gasteiger partial charge in [-0.15, -0.1) is 0 Å². The first kappa shape index (κ1) is 14.5. The highest BCUT2D eigenvalue weighted by Crippen LogP contribution is 2.31. The molecule has 0 spiro atoms. The molecule has 2 aromatic rings. The van der Waals surface area contributed by atoms with Crippen LogP contribution in [0.25, 0.3) is 0 Å². The Hall–Kier alpha value is -1.94. The van der Waals surface area contributed by atoms with Crippen LogP contribution < -0.4 is 15.2 Å². The van der Waals surface area contributed by atoms with E-state index < -0.39 is 5.82 Å². The highest BCUT2D eigenvalue weighted by molar-refractivity contribution is 6.30. The maximum Gasteiger partial charge on any atom is 0.146 e. The van der Waals surface area contributed by atoms with Gasteiger partial charge in [0.25, 0.3) is 0 Å². The number of nitrogens with two attached hydrogens (primary N) is 1. The van der Waals surface area contributed by atoms with Gasteiger partial charge < -0.3 is 15.2 Å². The van der Waals surface area contributed by atoms with E-state index in [1.807, 2.05) is 13.8 Å². The fraction of sp³-hybridized carbons (Fsp3) is 0.200. The van der Waals surface area contributed by atoms with Crippen LogP contribution in [0.15, 0.2) is 36.4 Å². The lowest BCUT2D eigenvalue weighted by atomic mass is 10.2. The van der Waals surface area contributed by atoms with Gasteiger partial charge in [-0.3, -0.25) is 0 Å². The van der Waals surface area contributed by atoms with E-state index in [4.69, 9.17) is 26.8 Å². The minimum Gasteiger partial charge on any atom is -0.489 e. The molecule has 0 bridgehead atoms. The average molecular weight is 296 g/mol. The first-order chi connectivity index (χ1) is 9.45. The van der Waals surface area contributed by atoms with E-state index in [1.54, 1.807) is 18.2 Å². The molecule has 2 rings (SSSR count). The third-order valence-corrected chi connectivity index (χ3v) is 2.76. The van der Waals surface area contributed by atoms with Gasteiger partial charge in [-0.1, -0.05) is 11.6 Å². The SMILES string of the molecule is CC(C)Oc1cc(Oc2ccc(F)c(Cl)c2)ccc1N. The van der Waals surface area contributed by atoms with Crippen LogP contribution in [0, 0.1) is 5.82 Å². The van der Waals surface area contributed by atoms with Crippen LogP contribution in [0.5, 0.6) is 17.2 Å². The first-order valence-electron chi connectivity index (χ1n) is 6.15. The Morgan fingerprint density at radius 2 is 1.75 bits per heavy atom. The molecule has 0 radical (unpaired) electrons. The molecule has 2 N–H and O–H groups in total. The summed E-state index contributed by atoms with van der Waals surface area (Å²) in [6.07, 6.45) is 0.00724. The van der Waals surface area contributed by atoms with E-state index in [0.29, 0.717) is 22.9 Å². The van der Waals surface area contributed by atoms with Crippen molar-refractivity contribution in [1.82, 2.24) is 0 Å². The molecule has 0 fully saturated rings. The highest BCUT2D eigenvalue weighted by atomic mass is 35.5. The summed E-state index contributed by atoms with van der Waals surface area (Å²) >= 11 is 5.71. The van der Waals surface area contributed by atoms with Gasteiger partial charge in [0.05, 0.1) is 16.8 Å². The van der Waals surface area contributed by atoms with Gasteiger partial charge in [-0.2, -0.15) is 0 Å². The zero-order valence-electron chi connectivity index (χ0n) is 11.2. The quantitative estimate of drug-likeness (QED) is 0.836. The smallest absolute Gasteiger partial charge is 0.146 e. The fourth-order valence-electron chi connectivity index (χ4n) is 1.61. The van der Waals surface area contributed by atoms with Gasteiger partial charge in [0, 0.05) is 12.1 Å². The van der Waals surface area contributed by atoms with Gasteiger partial charge in [0.2, 0.25) is 0 Å². The van der Waals surface area contributed by atoms with Crippen molar-refractivity contribution in [3.05, 3.63) is 47.2 Å². The molecule has 20 heavy (non-hydrogen) atoms. The zero-order valence-corrected chi connectivity index (χ0v) is 11.9. The highest BCUT2D eigenvalue weighted by Gasteiger charge is 2.07. The predicted molar refractivity (Wildman–Crippen MR) is 78.1 cm³/mol. The molecule has 0 aliphatic carbocycles. The number of ether oxygens (including phenoxy) is 2. The second-order valence-corrected chi connectivity index (χ2v) is 4.95. The number of halogens is 2. The Bertz CT molecular complexity index is 617. The Labute approximate surface area is 122 Å². The number of hydrogen-bond acceptors (Lipinski definition) is 3. The van der Waals surface area contributed by atoms with Crippen molar-refractivity contribution in [2.45, 2.75) is 20.0 Å². The van der Waals surface area contributed by atoms with E-state index >= 15 is 0 Å². The molecule has 2 aromatic carbocycles. The summed E-state index contributed by atoms with van der Waals surface area (Å²) in [6, 6.07) is 9.25. The van der Waals surface area contributed by atoms with Crippen molar-refractivity contribution >= 4 is 17.3 Å². The normalized spacial score (nSPS) is 10.7. The standard InChI is InChI=1S/C15H15ClFNO2/c1-9(2)19-15-8-11(4-6-14(15)18)20-10-3-5-13(17)12(16)7-10/h3-9H,18H2,1-2H3. The molecule has 106 valence electrons. The van der Waals surface area contributed by atoms with Crippen molar-refractivity contribution in [2.75, 3.05) is 5.73 Å². The second-order valence-electron chi connectivity index (χ2n) is 4.54. The number of nitrogen functional groups attached to an aromatic ring is 1. The minimum absolute atomic E-state index is 0.00724. The number of anilines is 1. The second kappa shape index (κ2) is 6.01. The molecule has 0 saturated carbocycles. The molecule has 0 heterocycles. The molecule has 0 saturated heterocycles. The van der Waals surface area contributed by atoms with Crippen LogP contribution in [0.2, 0.25) is 5.02 Å². The van der Waals surface area contributed by atoms with Crippen molar-refractivity contribution in [3.63, 3.8) is 0 Å². The van der Waals surface area contributed by atoms with Crippen molar-refractivity contribution in [2.24, 2.45) is 0 Å². The zero-order chi connectivity index (χ0) is 14.7. The van der Waals surface area contributed by atoms with Crippen LogP contribution >= 0.6 is 11.6 Å². The first-order valence-corrected chi connectivity index (χ1v) is 6.52. The molecular weight excluding hydrogens is 281 g/mol. The molecule has 0 unspecified atom stereocenters. The number of hydrogen-bond donors (Lipinski definition) is 1. The van der Waals surface area contributed by atoms with Crippen molar-refractivity contribution in [3.8, 4) is 17.2 Å². The van der Waals surface area contributed by atoms with Crippen LogP contribution in [0.3, 0.4) is 0 Å². The monoisotopic (exact) mass is 295 g/mol. The van der Waals surface area contributed by atoms with Crippen molar-refractivity contribution in [1.29, 1.82) is 0 Å². The van der Waals surface area contributed by atoms with E-state index in [1.165, 1.54) is 18.2 Å². The summed E-state index contributed by atoms with van der Waals surface area (Å²) < 4.78 is 24.3. The van der Waals surface area contributed by atoms with Gasteiger partial charge in [0.1, 0.15) is 23.1 Å². The lowest BCUT2D eigenvalue weighted by Gasteiger charge is -2.14. The Morgan fingerprint density at radius 1 is 1.10 bits per heavy atom. The molecule has 0 amide bonds. The largest absolute Gasteiger partial charge is 0.489 e. The maximum absolute atomic E-state index is 13.1. The number of rotatable bonds is 4. The summed E-state index contributed by atoms with van der Waals surface area (Å²) in [4.78, 5) is 0. The summed E-state index contributed by atoms with van der Waals surface area (Å²) in [5, 5.41) is 0.0107. The Balaban J connectivity index is 2.22. The van der Waals surface area contributed by atoms with Crippen LogP contribution in [-0.4, -0.2) is 6.10 Å². The van der Waals surface area contributed by atoms with E-state index in [0.717, 1.165) is 0 Å². The molecule has 0 aromatic heterocycles.